The summed E-state index contributed by atoms with van der Waals surface area (Å²) in [5, 5.41) is 8.80. The van der Waals surface area contributed by atoms with Crippen LogP contribution in [0.3, 0.4) is 0 Å². The minimum absolute atomic E-state index is 0.322. The Balaban J connectivity index is 0.000000956. The lowest BCUT2D eigenvalue weighted by atomic mass is 10.2. The maximum atomic E-state index is 10.7. The van der Waals surface area contributed by atoms with Gasteiger partial charge in [-0.15, -0.1) is 11.8 Å². The Hall–Kier alpha value is -1.26. The van der Waals surface area contributed by atoms with E-state index in [1.165, 1.54) is 5.56 Å². The lowest BCUT2D eigenvalue weighted by Gasteiger charge is -2.03. The van der Waals surface area contributed by atoms with Gasteiger partial charge in [-0.05, 0) is 42.0 Å². The summed E-state index contributed by atoms with van der Waals surface area (Å²) in [5.41, 5.74) is 1.56. The van der Waals surface area contributed by atoms with Crippen molar-refractivity contribution >= 4 is 33.7 Å². The van der Waals surface area contributed by atoms with Crippen LogP contribution in [0.4, 0.5) is 0 Å². The van der Waals surface area contributed by atoms with E-state index in [2.05, 4.69) is 28.1 Å². The molecule has 0 heterocycles. The van der Waals surface area contributed by atoms with Gasteiger partial charge >= 0.3 is 5.97 Å². The second-order valence-corrected chi connectivity index (χ2v) is 5.71. The molecule has 0 saturated heterocycles. The first-order valence-electron chi connectivity index (χ1n) is 6.36. The van der Waals surface area contributed by atoms with Crippen molar-refractivity contribution in [1.82, 2.24) is 0 Å². The van der Waals surface area contributed by atoms with Gasteiger partial charge in [-0.3, -0.25) is 0 Å². The molecule has 0 spiro atoms. The van der Waals surface area contributed by atoms with Gasteiger partial charge in [-0.25, -0.2) is 4.79 Å². The van der Waals surface area contributed by atoms with Crippen molar-refractivity contribution in [1.29, 1.82) is 0 Å². The van der Waals surface area contributed by atoms with Crippen molar-refractivity contribution in [3.05, 3.63) is 64.1 Å². The number of aromatic carboxylic acids is 1. The largest absolute Gasteiger partial charge is 0.478 e. The lowest BCUT2D eigenvalue weighted by Crippen LogP contribution is -1.94. The molecule has 0 aliphatic heterocycles. The first-order chi connectivity index (χ1) is 9.65. The van der Waals surface area contributed by atoms with Crippen molar-refractivity contribution in [2.75, 3.05) is 0 Å². The summed E-state index contributed by atoms with van der Waals surface area (Å²) in [6.07, 6.45) is 0. The molecule has 0 radical (unpaired) electrons. The summed E-state index contributed by atoms with van der Waals surface area (Å²) >= 11 is 5.09. The molecule has 0 bridgehead atoms. The van der Waals surface area contributed by atoms with Crippen LogP contribution in [-0.2, 0) is 5.75 Å². The lowest BCUT2D eigenvalue weighted by molar-refractivity contribution is 0.0697. The van der Waals surface area contributed by atoms with Crippen LogP contribution in [0.2, 0.25) is 0 Å². The zero-order valence-corrected chi connectivity index (χ0v) is 13.9. The van der Waals surface area contributed by atoms with E-state index in [1.807, 2.05) is 38.1 Å². The Bertz CT molecular complexity index is 535. The Morgan fingerprint density at radius 2 is 1.60 bits per heavy atom. The normalized spacial score (nSPS) is 9.55. The number of hydrogen-bond acceptors (Lipinski definition) is 2. The van der Waals surface area contributed by atoms with Crippen molar-refractivity contribution in [3.8, 4) is 0 Å². The highest BCUT2D eigenvalue weighted by atomic mass is 79.9. The van der Waals surface area contributed by atoms with E-state index in [0.717, 1.165) is 15.1 Å². The number of benzene rings is 2. The van der Waals surface area contributed by atoms with Crippen LogP contribution < -0.4 is 0 Å². The van der Waals surface area contributed by atoms with Gasteiger partial charge in [0.15, 0.2) is 0 Å². The Morgan fingerprint density at radius 1 is 1.05 bits per heavy atom. The molecule has 0 aliphatic rings. The van der Waals surface area contributed by atoms with Crippen molar-refractivity contribution in [2.45, 2.75) is 24.5 Å². The second kappa shape index (κ2) is 8.82. The summed E-state index contributed by atoms with van der Waals surface area (Å²) in [6.45, 7) is 4.00. The topological polar surface area (TPSA) is 37.3 Å². The predicted molar refractivity (Wildman–Crippen MR) is 88.5 cm³/mol. The van der Waals surface area contributed by atoms with Gasteiger partial charge in [-0.2, -0.15) is 0 Å². The predicted octanol–water partition coefficient (Wildman–Crippen LogP) is 5.47. The molecule has 0 aromatic heterocycles. The molecule has 1 N–H and O–H groups in total. The third-order valence-electron chi connectivity index (χ3n) is 2.42. The van der Waals surface area contributed by atoms with Gasteiger partial charge in [0.2, 0.25) is 0 Å². The first kappa shape index (κ1) is 16.8. The second-order valence-electron chi connectivity index (χ2n) is 3.74. The average Bonchev–Trinajstić information content (AvgIpc) is 2.49. The molecular weight excluding hydrogens is 336 g/mol. The zero-order valence-electron chi connectivity index (χ0n) is 11.5. The van der Waals surface area contributed by atoms with Gasteiger partial charge in [0.05, 0.1) is 5.56 Å². The number of carboxylic acids is 1. The number of carbonyl (C=O) groups is 1. The van der Waals surface area contributed by atoms with Crippen molar-refractivity contribution in [2.24, 2.45) is 0 Å². The van der Waals surface area contributed by atoms with Crippen LogP contribution in [0.1, 0.15) is 29.8 Å². The highest BCUT2D eigenvalue weighted by Gasteiger charge is 2.02. The molecule has 2 nitrogen and oxygen atoms in total. The van der Waals surface area contributed by atoms with Crippen molar-refractivity contribution < 1.29 is 9.90 Å². The number of rotatable bonds is 4. The van der Waals surface area contributed by atoms with Crippen LogP contribution >= 0.6 is 27.7 Å². The molecule has 0 unspecified atom stereocenters. The maximum absolute atomic E-state index is 10.7. The first-order valence-corrected chi connectivity index (χ1v) is 8.13. The summed E-state index contributed by atoms with van der Waals surface area (Å²) in [5.74, 6) is -0.0147. The monoisotopic (exact) mass is 352 g/mol. The van der Waals surface area contributed by atoms with E-state index in [1.54, 1.807) is 23.9 Å². The highest BCUT2D eigenvalue weighted by molar-refractivity contribution is 9.10. The fourth-order valence-corrected chi connectivity index (χ4v) is 2.56. The molecular formula is C16H17BrO2S. The number of carboxylic acid groups (broad SMARTS) is 1. The fourth-order valence-electron chi connectivity index (χ4n) is 1.44. The number of thioether (sulfide) groups is 1. The molecule has 2 aromatic carbocycles. The van der Waals surface area contributed by atoms with Gasteiger partial charge < -0.3 is 5.11 Å². The number of halogens is 1. The van der Waals surface area contributed by atoms with E-state index < -0.39 is 5.97 Å². The molecule has 0 atom stereocenters. The Kier molecular flexibility index (Phi) is 7.41. The SMILES string of the molecule is CC.O=C(O)c1ccc(SCc2ccc(Br)cc2)cc1. The van der Waals surface area contributed by atoms with Gasteiger partial charge in [0.1, 0.15) is 0 Å². The standard InChI is InChI=1S/C14H11BrO2S.C2H6/c15-12-5-1-10(2-6-12)9-18-13-7-3-11(4-8-13)14(16)17;1-2/h1-8H,9H2,(H,16,17);1-2H3. The molecule has 0 fully saturated rings. The minimum Gasteiger partial charge on any atom is -0.478 e. The van der Waals surface area contributed by atoms with E-state index >= 15 is 0 Å². The van der Waals surface area contributed by atoms with Crippen LogP contribution in [0.25, 0.3) is 0 Å². The maximum Gasteiger partial charge on any atom is 0.335 e. The van der Waals surface area contributed by atoms with E-state index in [0.29, 0.717) is 5.56 Å². The fraction of sp³-hybridized carbons (Fsp3) is 0.188. The van der Waals surface area contributed by atoms with Gasteiger partial charge in [-0.1, -0.05) is 41.9 Å². The Morgan fingerprint density at radius 3 is 2.10 bits per heavy atom. The molecule has 2 rings (SSSR count). The van der Waals surface area contributed by atoms with Gasteiger partial charge in [0, 0.05) is 15.1 Å². The molecule has 0 amide bonds. The van der Waals surface area contributed by atoms with Gasteiger partial charge in [0.25, 0.3) is 0 Å². The van der Waals surface area contributed by atoms with Crippen molar-refractivity contribution in [3.63, 3.8) is 0 Å². The summed E-state index contributed by atoms with van der Waals surface area (Å²) < 4.78 is 1.07. The van der Waals surface area contributed by atoms with E-state index in [-0.39, 0.29) is 0 Å². The molecule has 4 heteroatoms. The van der Waals surface area contributed by atoms with E-state index in [4.69, 9.17) is 5.11 Å². The van der Waals surface area contributed by atoms with Crippen LogP contribution in [0.5, 0.6) is 0 Å². The summed E-state index contributed by atoms with van der Waals surface area (Å²) in [6, 6.07) is 15.1. The Labute approximate surface area is 132 Å². The molecule has 106 valence electrons. The van der Waals surface area contributed by atoms with Crippen LogP contribution in [-0.4, -0.2) is 11.1 Å². The molecule has 2 aromatic rings. The quantitative estimate of drug-likeness (QED) is 0.741. The van der Waals surface area contributed by atoms with E-state index in [9.17, 15) is 4.79 Å². The number of hydrogen-bond donors (Lipinski definition) is 1. The average molecular weight is 353 g/mol. The van der Waals surface area contributed by atoms with Crippen LogP contribution in [0, 0.1) is 0 Å². The highest BCUT2D eigenvalue weighted by Crippen LogP contribution is 2.23. The molecule has 20 heavy (non-hydrogen) atoms. The minimum atomic E-state index is -0.889. The zero-order chi connectivity index (χ0) is 15.0. The molecule has 0 aliphatic carbocycles. The van der Waals surface area contributed by atoms with Crippen LogP contribution in [0.15, 0.2) is 57.9 Å². The summed E-state index contributed by atoms with van der Waals surface area (Å²) in [7, 11) is 0. The smallest absolute Gasteiger partial charge is 0.335 e. The summed E-state index contributed by atoms with van der Waals surface area (Å²) in [4.78, 5) is 11.8. The third-order valence-corrected chi connectivity index (χ3v) is 4.03. The third kappa shape index (κ3) is 5.39. The molecule has 0 saturated carbocycles.